The molecule has 0 amide bonds. The average molecular weight is 225 g/mol. The molecule has 2 rings (SSSR count). The van der Waals surface area contributed by atoms with Crippen molar-refractivity contribution in [2.24, 2.45) is 0 Å². The molecule has 1 aromatic carbocycles. The van der Waals surface area contributed by atoms with E-state index in [1.54, 1.807) is 0 Å². The molecule has 0 aliphatic heterocycles. The van der Waals surface area contributed by atoms with E-state index >= 15 is 0 Å². The molecule has 0 aliphatic rings. The highest BCUT2D eigenvalue weighted by molar-refractivity contribution is 5.92. The lowest BCUT2D eigenvalue weighted by Crippen LogP contribution is -2.13. The van der Waals surface area contributed by atoms with Crippen LogP contribution in [0.3, 0.4) is 0 Å². The van der Waals surface area contributed by atoms with E-state index in [0.29, 0.717) is 0 Å². The molecule has 0 spiro atoms. The van der Waals surface area contributed by atoms with Crippen LogP contribution >= 0.6 is 0 Å². The van der Waals surface area contributed by atoms with E-state index in [4.69, 9.17) is 5.11 Å². The molecule has 1 aromatic heterocycles. The molecule has 16 heavy (non-hydrogen) atoms. The number of carboxylic acid groups (broad SMARTS) is 1. The van der Waals surface area contributed by atoms with E-state index in [2.05, 4.69) is 4.98 Å². The van der Waals surface area contributed by atoms with Crippen molar-refractivity contribution in [1.29, 1.82) is 0 Å². The smallest absolute Gasteiger partial charge is 0.352 e. The predicted octanol–water partition coefficient (Wildman–Crippen LogP) is 1.50. The first-order valence-corrected chi connectivity index (χ1v) is 4.25. The van der Waals surface area contributed by atoms with Crippen LogP contribution in [0.2, 0.25) is 0 Å². The Labute approximate surface area is 87.1 Å². The Kier molecular flexibility index (Phi) is 2.19. The molecular formula is C10H5F2NO3. The van der Waals surface area contributed by atoms with Gasteiger partial charge in [0.25, 0.3) is 5.56 Å². The molecule has 0 atom stereocenters. The zero-order valence-electron chi connectivity index (χ0n) is 7.75. The second kappa shape index (κ2) is 3.41. The van der Waals surface area contributed by atoms with Crippen LogP contribution in [-0.2, 0) is 0 Å². The maximum atomic E-state index is 13.3. The van der Waals surface area contributed by atoms with Gasteiger partial charge in [-0.15, -0.1) is 0 Å². The number of halogens is 2. The number of nitrogens with one attached hydrogen (secondary N) is 1. The van der Waals surface area contributed by atoms with Gasteiger partial charge >= 0.3 is 5.97 Å². The summed E-state index contributed by atoms with van der Waals surface area (Å²) in [6.45, 7) is 0. The van der Waals surface area contributed by atoms with Crippen LogP contribution in [0.25, 0.3) is 10.8 Å². The normalized spacial score (nSPS) is 10.6. The number of aromatic carboxylic acids is 1. The molecule has 0 unspecified atom stereocenters. The van der Waals surface area contributed by atoms with Crippen molar-refractivity contribution >= 4 is 16.7 Å². The zero-order chi connectivity index (χ0) is 11.9. The Morgan fingerprint density at radius 2 is 1.94 bits per heavy atom. The Morgan fingerprint density at radius 3 is 2.56 bits per heavy atom. The van der Waals surface area contributed by atoms with Gasteiger partial charge in [0.2, 0.25) is 0 Å². The van der Waals surface area contributed by atoms with Crippen molar-refractivity contribution in [2.45, 2.75) is 0 Å². The fourth-order valence-electron chi connectivity index (χ4n) is 1.39. The first-order chi connectivity index (χ1) is 7.50. The first-order valence-electron chi connectivity index (χ1n) is 4.25. The Hall–Kier alpha value is -2.24. The summed E-state index contributed by atoms with van der Waals surface area (Å²) in [4.78, 5) is 24.0. The lowest BCUT2D eigenvalue weighted by molar-refractivity contribution is 0.0690. The second-order valence-corrected chi connectivity index (χ2v) is 3.14. The number of pyridine rings is 1. The van der Waals surface area contributed by atoms with Gasteiger partial charge < -0.3 is 10.1 Å². The maximum absolute atomic E-state index is 13.3. The van der Waals surface area contributed by atoms with E-state index in [0.717, 1.165) is 18.2 Å². The number of H-pyrrole nitrogens is 1. The van der Waals surface area contributed by atoms with Gasteiger partial charge in [0.1, 0.15) is 5.69 Å². The van der Waals surface area contributed by atoms with Crippen LogP contribution in [0, 0.1) is 11.6 Å². The molecule has 4 nitrogen and oxygen atoms in total. The number of hydrogen-bond acceptors (Lipinski definition) is 2. The molecule has 2 aromatic rings. The van der Waals surface area contributed by atoms with Crippen molar-refractivity contribution in [1.82, 2.24) is 4.98 Å². The third-order valence-electron chi connectivity index (χ3n) is 2.14. The molecule has 0 radical (unpaired) electrons. The van der Waals surface area contributed by atoms with Gasteiger partial charge in [0.05, 0.1) is 5.39 Å². The Balaban J connectivity index is 2.94. The summed E-state index contributed by atoms with van der Waals surface area (Å²) < 4.78 is 26.2. The van der Waals surface area contributed by atoms with Gasteiger partial charge in [-0.2, -0.15) is 0 Å². The number of rotatable bonds is 1. The van der Waals surface area contributed by atoms with Gasteiger partial charge in [0.15, 0.2) is 11.6 Å². The molecular weight excluding hydrogens is 220 g/mol. The van der Waals surface area contributed by atoms with Crippen LogP contribution in [-0.4, -0.2) is 16.1 Å². The summed E-state index contributed by atoms with van der Waals surface area (Å²) in [6, 6.07) is 2.79. The molecule has 0 saturated heterocycles. The summed E-state index contributed by atoms with van der Waals surface area (Å²) >= 11 is 0. The van der Waals surface area contributed by atoms with Gasteiger partial charge in [-0.05, 0) is 18.2 Å². The minimum atomic E-state index is -1.41. The minimum absolute atomic E-state index is 0.0936. The van der Waals surface area contributed by atoms with Crippen molar-refractivity contribution in [2.75, 3.05) is 0 Å². The number of hydrogen-bond donors (Lipinski definition) is 2. The molecule has 6 heteroatoms. The van der Waals surface area contributed by atoms with Crippen LogP contribution < -0.4 is 5.56 Å². The maximum Gasteiger partial charge on any atom is 0.352 e. The monoisotopic (exact) mass is 225 g/mol. The van der Waals surface area contributed by atoms with Crippen LogP contribution in [0.15, 0.2) is 23.0 Å². The SMILES string of the molecule is O=C(O)c1cc2c(F)c(F)ccc2c(=O)[nH]1. The lowest BCUT2D eigenvalue weighted by atomic mass is 10.1. The molecule has 82 valence electrons. The minimum Gasteiger partial charge on any atom is -0.477 e. The summed E-state index contributed by atoms with van der Waals surface area (Å²) in [5.74, 6) is -3.77. The molecule has 2 N–H and O–H groups in total. The van der Waals surface area contributed by atoms with E-state index < -0.39 is 28.9 Å². The fourth-order valence-corrected chi connectivity index (χ4v) is 1.39. The largest absolute Gasteiger partial charge is 0.477 e. The second-order valence-electron chi connectivity index (χ2n) is 3.14. The molecule has 0 bridgehead atoms. The van der Waals surface area contributed by atoms with Gasteiger partial charge in [-0.25, -0.2) is 13.6 Å². The topological polar surface area (TPSA) is 70.2 Å². The number of benzene rings is 1. The Morgan fingerprint density at radius 1 is 1.25 bits per heavy atom. The summed E-state index contributed by atoms with van der Waals surface area (Å²) in [5.41, 5.74) is -1.25. The van der Waals surface area contributed by atoms with Crippen molar-refractivity contribution in [3.8, 4) is 0 Å². The third kappa shape index (κ3) is 1.44. The number of aromatic amines is 1. The summed E-state index contributed by atoms with van der Waals surface area (Å²) in [5, 5.41) is 8.20. The first kappa shape index (κ1) is 10.3. The van der Waals surface area contributed by atoms with Crippen molar-refractivity contribution in [3.63, 3.8) is 0 Å². The molecule has 0 saturated carbocycles. The zero-order valence-corrected chi connectivity index (χ0v) is 7.75. The van der Waals surface area contributed by atoms with Crippen LogP contribution in [0.4, 0.5) is 8.78 Å². The molecule has 0 aliphatic carbocycles. The Bertz CT molecular complexity index is 648. The average Bonchev–Trinajstić information content (AvgIpc) is 2.23. The summed E-state index contributed by atoms with van der Waals surface area (Å²) in [6.07, 6.45) is 0. The van der Waals surface area contributed by atoms with Crippen molar-refractivity contribution in [3.05, 3.63) is 45.9 Å². The van der Waals surface area contributed by atoms with E-state index in [-0.39, 0.29) is 10.8 Å². The highest BCUT2D eigenvalue weighted by Crippen LogP contribution is 2.17. The molecule has 0 fully saturated rings. The number of fused-ring (bicyclic) bond motifs is 1. The summed E-state index contributed by atoms with van der Waals surface area (Å²) in [7, 11) is 0. The molecule has 1 heterocycles. The van der Waals surface area contributed by atoms with Gasteiger partial charge in [0, 0.05) is 5.39 Å². The number of carbonyl (C=O) groups is 1. The fraction of sp³-hybridized carbons (Fsp3) is 0. The van der Waals surface area contributed by atoms with Gasteiger partial charge in [-0.3, -0.25) is 4.79 Å². The highest BCUT2D eigenvalue weighted by Gasteiger charge is 2.13. The van der Waals surface area contributed by atoms with Crippen LogP contribution in [0.1, 0.15) is 10.5 Å². The highest BCUT2D eigenvalue weighted by atomic mass is 19.2. The van der Waals surface area contributed by atoms with Crippen LogP contribution in [0.5, 0.6) is 0 Å². The van der Waals surface area contributed by atoms with E-state index in [1.165, 1.54) is 0 Å². The third-order valence-corrected chi connectivity index (χ3v) is 2.14. The van der Waals surface area contributed by atoms with E-state index in [1.807, 2.05) is 0 Å². The number of carboxylic acids is 1. The lowest BCUT2D eigenvalue weighted by Gasteiger charge is -2.01. The van der Waals surface area contributed by atoms with E-state index in [9.17, 15) is 18.4 Å². The predicted molar refractivity (Wildman–Crippen MR) is 51.4 cm³/mol. The standard InChI is InChI=1S/C10H5F2NO3/c11-6-2-1-4-5(8(6)12)3-7(10(15)16)13-9(4)14/h1-3H,(H,13,14)(H,15,16). The number of aromatic nitrogens is 1. The van der Waals surface area contributed by atoms with Gasteiger partial charge in [-0.1, -0.05) is 0 Å². The quantitative estimate of drug-likeness (QED) is 0.772. The van der Waals surface area contributed by atoms with Crippen molar-refractivity contribution < 1.29 is 18.7 Å².